The maximum atomic E-state index is 14.1. The maximum absolute atomic E-state index is 14.1. The summed E-state index contributed by atoms with van der Waals surface area (Å²) in [4.78, 5) is 2.19. The van der Waals surface area contributed by atoms with E-state index in [9.17, 15) is 4.39 Å². The van der Waals surface area contributed by atoms with Crippen molar-refractivity contribution in [3.63, 3.8) is 0 Å². The molecule has 108 valence electrons. The van der Waals surface area contributed by atoms with Gasteiger partial charge in [-0.15, -0.1) is 0 Å². The smallest absolute Gasteiger partial charge is 0.136 e. The Hall–Kier alpha value is -1.88. The first-order chi connectivity index (χ1) is 9.65. The lowest BCUT2D eigenvalue weighted by Gasteiger charge is -2.15. The maximum Gasteiger partial charge on any atom is 0.136 e. The zero-order chi connectivity index (χ0) is 14.5. The minimum atomic E-state index is -0.323. The number of aromatic nitrogens is 2. The highest BCUT2D eigenvalue weighted by molar-refractivity contribution is 5.64. The van der Waals surface area contributed by atoms with E-state index < -0.39 is 0 Å². The van der Waals surface area contributed by atoms with Crippen LogP contribution >= 0.6 is 0 Å². The van der Waals surface area contributed by atoms with Crippen molar-refractivity contribution in [2.24, 2.45) is 0 Å². The molecule has 0 atom stereocenters. The van der Waals surface area contributed by atoms with Gasteiger partial charge in [0.25, 0.3) is 0 Å². The number of H-pyrrole nitrogens is 1. The van der Waals surface area contributed by atoms with Crippen molar-refractivity contribution in [2.75, 3.05) is 20.7 Å². The molecule has 1 aromatic carbocycles. The molecule has 0 aliphatic rings. The third-order valence-electron chi connectivity index (χ3n) is 3.20. The fraction of sp³-hybridized carbons (Fsp3) is 0.400. The van der Waals surface area contributed by atoms with E-state index in [1.807, 2.05) is 13.2 Å². The number of nitrogens with one attached hydrogen (secondary N) is 1. The Kier molecular flexibility index (Phi) is 4.74. The minimum Gasteiger partial charge on any atom is -0.497 e. The van der Waals surface area contributed by atoms with Crippen LogP contribution in [0.2, 0.25) is 0 Å². The average Bonchev–Trinajstić information content (AvgIpc) is 2.86. The summed E-state index contributed by atoms with van der Waals surface area (Å²) >= 11 is 0. The van der Waals surface area contributed by atoms with Crippen LogP contribution in [0.5, 0.6) is 5.75 Å². The van der Waals surface area contributed by atoms with Crippen LogP contribution in [0.25, 0.3) is 11.3 Å². The molecule has 0 amide bonds. The lowest BCUT2D eigenvalue weighted by atomic mass is 10.1. The molecule has 0 saturated carbocycles. The van der Waals surface area contributed by atoms with Crippen LogP contribution in [0.3, 0.4) is 0 Å². The zero-order valence-corrected chi connectivity index (χ0v) is 12.1. The molecular formula is C15H20FN3O. The quantitative estimate of drug-likeness (QED) is 0.882. The first kappa shape index (κ1) is 14.5. The molecule has 1 N–H and O–H groups in total. The Morgan fingerprint density at radius 2 is 2.20 bits per heavy atom. The Morgan fingerprint density at radius 3 is 2.85 bits per heavy atom. The number of methoxy groups -OCH3 is 1. The molecule has 20 heavy (non-hydrogen) atoms. The highest BCUT2D eigenvalue weighted by Crippen LogP contribution is 2.27. The van der Waals surface area contributed by atoms with Gasteiger partial charge in [-0.1, -0.05) is 6.92 Å². The summed E-state index contributed by atoms with van der Waals surface area (Å²) in [6.07, 6.45) is 2.91. The molecule has 2 rings (SSSR count). The van der Waals surface area contributed by atoms with Gasteiger partial charge in [0, 0.05) is 29.9 Å². The summed E-state index contributed by atoms with van der Waals surface area (Å²) in [5.74, 6) is 0.183. The van der Waals surface area contributed by atoms with E-state index in [1.165, 1.54) is 13.2 Å². The van der Waals surface area contributed by atoms with Crippen LogP contribution in [-0.4, -0.2) is 35.8 Å². The molecule has 0 aliphatic heterocycles. The van der Waals surface area contributed by atoms with E-state index in [4.69, 9.17) is 4.74 Å². The summed E-state index contributed by atoms with van der Waals surface area (Å²) in [5, 5.41) is 7.01. The number of nitrogens with zero attached hydrogens (tertiary/aromatic N) is 2. The van der Waals surface area contributed by atoms with Crippen molar-refractivity contribution in [2.45, 2.75) is 19.9 Å². The second kappa shape index (κ2) is 6.52. The Labute approximate surface area is 118 Å². The predicted octanol–water partition coefficient (Wildman–Crippen LogP) is 3.07. The van der Waals surface area contributed by atoms with Crippen LogP contribution in [0, 0.1) is 5.82 Å². The molecule has 0 bridgehead atoms. The van der Waals surface area contributed by atoms with E-state index in [0.717, 1.165) is 25.1 Å². The van der Waals surface area contributed by atoms with E-state index in [2.05, 4.69) is 22.0 Å². The molecule has 1 aromatic heterocycles. The SMILES string of the molecule is CCCN(C)Cc1c[nH]nc1-c1ccc(OC)cc1F. The molecule has 0 spiro atoms. The van der Waals surface area contributed by atoms with Gasteiger partial charge in [0.05, 0.1) is 12.8 Å². The molecular weight excluding hydrogens is 257 g/mol. The number of rotatable bonds is 6. The van der Waals surface area contributed by atoms with Gasteiger partial charge in [-0.05, 0) is 32.1 Å². The molecule has 5 heteroatoms. The summed E-state index contributed by atoms with van der Waals surface area (Å²) in [6, 6.07) is 4.82. The van der Waals surface area contributed by atoms with Crippen LogP contribution in [0.4, 0.5) is 4.39 Å². The first-order valence-electron chi connectivity index (χ1n) is 6.70. The molecule has 0 aliphatic carbocycles. The molecule has 0 unspecified atom stereocenters. The predicted molar refractivity (Wildman–Crippen MR) is 77.2 cm³/mol. The van der Waals surface area contributed by atoms with Gasteiger partial charge >= 0.3 is 0 Å². The number of halogens is 1. The fourth-order valence-electron chi connectivity index (χ4n) is 2.24. The van der Waals surface area contributed by atoms with E-state index in [0.29, 0.717) is 17.0 Å². The zero-order valence-electron chi connectivity index (χ0n) is 12.1. The topological polar surface area (TPSA) is 41.2 Å². The second-order valence-electron chi connectivity index (χ2n) is 4.84. The number of ether oxygens (including phenoxy) is 1. The summed E-state index contributed by atoms with van der Waals surface area (Å²) in [7, 11) is 3.57. The van der Waals surface area contributed by atoms with Gasteiger partial charge in [-0.2, -0.15) is 5.10 Å². The Balaban J connectivity index is 2.27. The second-order valence-corrected chi connectivity index (χ2v) is 4.84. The third kappa shape index (κ3) is 3.17. The highest BCUT2D eigenvalue weighted by atomic mass is 19.1. The van der Waals surface area contributed by atoms with E-state index in [1.54, 1.807) is 12.1 Å². The Morgan fingerprint density at radius 1 is 1.40 bits per heavy atom. The van der Waals surface area contributed by atoms with Crippen molar-refractivity contribution >= 4 is 0 Å². The van der Waals surface area contributed by atoms with Crippen LogP contribution in [-0.2, 0) is 6.54 Å². The van der Waals surface area contributed by atoms with Crippen molar-refractivity contribution in [3.05, 3.63) is 35.8 Å². The van der Waals surface area contributed by atoms with Crippen LogP contribution < -0.4 is 4.74 Å². The van der Waals surface area contributed by atoms with Crippen molar-refractivity contribution in [1.82, 2.24) is 15.1 Å². The molecule has 0 radical (unpaired) electrons. The lowest BCUT2D eigenvalue weighted by Crippen LogP contribution is -2.18. The van der Waals surface area contributed by atoms with Gasteiger partial charge in [0.15, 0.2) is 0 Å². The summed E-state index contributed by atoms with van der Waals surface area (Å²) < 4.78 is 19.1. The molecule has 1 heterocycles. The van der Waals surface area contributed by atoms with Crippen LogP contribution in [0.15, 0.2) is 24.4 Å². The van der Waals surface area contributed by atoms with Gasteiger partial charge in [-0.25, -0.2) is 4.39 Å². The Bertz CT molecular complexity index is 568. The van der Waals surface area contributed by atoms with Gasteiger partial charge in [0.2, 0.25) is 0 Å². The fourth-order valence-corrected chi connectivity index (χ4v) is 2.24. The summed E-state index contributed by atoms with van der Waals surface area (Å²) in [6.45, 7) is 3.87. The van der Waals surface area contributed by atoms with E-state index >= 15 is 0 Å². The number of benzene rings is 1. The highest BCUT2D eigenvalue weighted by Gasteiger charge is 2.14. The summed E-state index contributed by atoms with van der Waals surface area (Å²) in [5.41, 5.74) is 2.14. The number of hydrogen-bond acceptors (Lipinski definition) is 3. The largest absolute Gasteiger partial charge is 0.497 e. The lowest BCUT2D eigenvalue weighted by molar-refractivity contribution is 0.328. The number of aromatic amines is 1. The van der Waals surface area contributed by atoms with Gasteiger partial charge in [-0.3, -0.25) is 5.10 Å². The molecule has 0 saturated heterocycles. The molecule has 0 fully saturated rings. The van der Waals surface area contributed by atoms with Gasteiger partial charge < -0.3 is 9.64 Å². The van der Waals surface area contributed by atoms with Crippen molar-refractivity contribution in [1.29, 1.82) is 0 Å². The molecule has 4 nitrogen and oxygen atoms in total. The average molecular weight is 277 g/mol. The monoisotopic (exact) mass is 277 g/mol. The van der Waals surface area contributed by atoms with Crippen molar-refractivity contribution in [3.8, 4) is 17.0 Å². The minimum absolute atomic E-state index is 0.323. The first-order valence-corrected chi connectivity index (χ1v) is 6.70. The standard InChI is InChI=1S/C15H20FN3O/c1-4-7-19(2)10-11-9-17-18-15(11)13-6-5-12(20-3)8-14(13)16/h5-6,8-9H,4,7,10H2,1-3H3,(H,17,18). The van der Waals surface area contributed by atoms with Crippen molar-refractivity contribution < 1.29 is 9.13 Å². The van der Waals surface area contributed by atoms with Crippen LogP contribution in [0.1, 0.15) is 18.9 Å². The van der Waals surface area contributed by atoms with Gasteiger partial charge in [0.1, 0.15) is 11.6 Å². The third-order valence-corrected chi connectivity index (χ3v) is 3.20. The normalized spacial score (nSPS) is 11.1. The number of hydrogen-bond donors (Lipinski definition) is 1. The van der Waals surface area contributed by atoms with E-state index in [-0.39, 0.29) is 5.82 Å². The molecule has 2 aromatic rings.